The minimum absolute atomic E-state index is 0.596. The largest absolute Gasteiger partial charge is 0.371 e. The van der Waals surface area contributed by atoms with E-state index in [9.17, 15) is 0 Å². The average molecular weight is 311 g/mol. The highest BCUT2D eigenvalue weighted by molar-refractivity contribution is 9.10. The van der Waals surface area contributed by atoms with Crippen LogP contribution in [0.2, 0.25) is 0 Å². The van der Waals surface area contributed by atoms with Crippen molar-refractivity contribution >= 4 is 21.6 Å². The Morgan fingerprint density at radius 2 is 2.17 bits per heavy atom. The van der Waals surface area contributed by atoms with Crippen LogP contribution in [0.25, 0.3) is 0 Å². The third kappa shape index (κ3) is 3.27. The molecule has 0 radical (unpaired) electrons. The molecular formula is C15H23BrN2. The van der Waals surface area contributed by atoms with Gasteiger partial charge in [-0.2, -0.15) is 0 Å². The lowest BCUT2D eigenvalue weighted by molar-refractivity contribution is 0.459. The molecule has 3 heteroatoms. The summed E-state index contributed by atoms with van der Waals surface area (Å²) < 4.78 is 1.14. The molecule has 0 amide bonds. The lowest BCUT2D eigenvalue weighted by atomic mass is 9.98. The molecule has 0 spiro atoms. The molecule has 1 saturated heterocycles. The predicted octanol–water partition coefficient (Wildman–Crippen LogP) is 3.92. The summed E-state index contributed by atoms with van der Waals surface area (Å²) >= 11 is 3.61. The maximum absolute atomic E-state index is 5.70. The first-order valence-corrected chi connectivity index (χ1v) is 7.77. The predicted molar refractivity (Wildman–Crippen MR) is 81.9 cm³/mol. The summed E-state index contributed by atoms with van der Waals surface area (Å²) in [6.07, 6.45) is 5.35. The number of halogens is 1. The highest BCUT2D eigenvalue weighted by atomic mass is 79.9. The van der Waals surface area contributed by atoms with Gasteiger partial charge in [-0.3, -0.25) is 0 Å². The molecule has 1 heterocycles. The van der Waals surface area contributed by atoms with E-state index >= 15 is 0 Å². The van der Waals surface area contributed by atoms with E-state index in [-0.39, 0.29) is 0 Å². The second-order valence-electron chi connectivity index (χ2n) is 5.17. The van der Waals surface area contributed by atoms with Gasteiger partial charge in [0.05, 0.1) is 0 Å². The molecule has 2 rings (SSSR count). The molecular weight excluding hydrogens is 288 g/mol. The summed E-state index contributed by atoms with van der Waals surface area (Å²) in [5, 5.41) is 0. The zero-order valence-corrected chi connectivity index (χ0v) is 12.7. The van der Waals surface area contributed by atoms with Crippen molar-refractivity contribution in [2.24, 2.45) is 11.7 Å². The summed E-state index contributed by atoms with van der Waals surface area (Å²) in [6, 6.07) is 6.56. The van der Waals surface area contributed by atoms with E-state index in [0.717, 1.165) is 10.4 Å². The number of anilines is 1. The van der Waals surface area contributed by atoms with E-state index in [4.69, 9.17) is 5.73 Å². The number of nitrogens with zero attached hydrogens (tertiary/aromatic N) is 1. The first-order valence-electron chi connectivity index (χ1n) is 6.98. The molecule has 1 aliphatic rings. The topological polar surface area (TPSA) is 29.3 Å². The second-order valence-corrected chi connectivity index (χ2v) is 6.03. The van der Waals surface area contributed by atoms with Crippen LogP contribution in [0.1, 0.15) is 38.2 Å². The maximum Gasteiger partial charge on any atom is 0.0377 e. The van der Waals surface area contributed by atoms with Crippen LogP contribution in [0.4, 0.5) is 5.69 Å². The van der Waals surface area contributed by atoms with Crippen LogP contribution in [0.15, 0.2) is 22.7 Å². The van der Waals surface area contributed by atoms with Crippen LogP contribution in [-0.4, -0.2) is 13.1 Å². The Morgan fingerprint density at radius 1 is 1.33 bits per heavy atom. The molecule has 1 aliphatic heterocycles. The molecule has 0 aliphatic carbocycles. The average Bonchev–Trinajstić information content (AvgIpc) is 2.63. The molecule has 0 aromatic heterocycles. The van der Waals surface area contributed by atoms with Crippen LogP contribution in [0.5, 0.6) is 0 Å². The standard InChI is InChI=1S/C15H23BrN2/c1-2-12-4-3-8-18(9-7-12)14-6-5-13(11-17)15(16)10-14/h5-6,10,12H,2-4,7-9,11,17H2,1H3. The smallest absolute Gasteiger partial charge is 0.0377 e. The molecule has 0 saturated carbocycles. The van der Waals surface area contributed by atoms with Gasteiger partial charge >= 0.3 is 0 Å². The molecule has 1 atom stereocenters. The van der Waals surface area contributed by atoms with Crippen molar-refractivity contribution in [2.45, 2.75) is 39.2 Å². The van der Waals surface area contributed by atoms with Crippen LogP contribution < -0.4 is 10.6 Å². The van der Waals surface area contributed by atoms with Gasteiger partial charge in [0.25, 0.3) is 0 Å². The lowest BCUT2D eigenvalue weighted by Crippen LogP contribution is -2.24. The Morgan fingerprint density at radius 3 is 2.83 bits per heavy atom. The molecule has 2 N–H and O–H groups in total. The molecule has 0 bridgehead atoms. The van der Waals surface area contributed by atoms with E-state index in [0.29, 0.717) is 6.54 Å². The van der Waals surface area contributed by atoms with Crippen molar-refractivity contribution in [2.75, 3.05) is 18.0 Å². The number of benzene rings is 1. The number of nitrogens with two attached hydrogens (primary N) is 1. The quantitative estimate of drug-likeness (QED) is 0.916. The molecule has 1 aromatic carbocycles. The highest BCUT2D eigenvalue weighted by Gasteiger charge is 2.16. The summed E-state index contributed by atoms with van der Waals surface area (Å²) in [7, 11) is 0. The van der Waals surface area contributed by atoms with Crippen molar-refractivity contribution < 1.29 is 0 Å². The fourth-order valence-electron chi connectivity index (χ4n) is 2.73. The molecule has 100 valence electrons. The van der Waals surface area contributed by atoms with Gasteiger partial charge in [0.1, 0.15) is 0 Å². The molecule has 1 fully saturated rings. The zero-order chi connectivity index (χ0) is 13.0. The summed E-state index contributed by atoms with van der Waals surface area (Å²) in [6.45, 7) is 5.28. The van der Waals surface area contributed by atoms with E-state index < -0.39 is 0 Å². The van der Waals surface area contributed by atoms with Gasteiger partial charge in [0.2, 0.25) is 0 Å². The fraction of sp³-hybridized carbons (Fsp3) is 0.600. The normalized spacial score (nSPS) is 20.8. The third-order valence-electron chi connectivity index (χ3n) is 4.05. The second kappa shape index (κ2) is 6.58. The Bertz CT molecular complexity index is 392. The van der Waals surface area contributed by atoms with E-state index in [1.807, 2.05) is 0 Å². The van der Waals surface area contributed by atoms with Gasteiger partial charge in [-0.1, -0.05) is 35.3 Å². The minimum Gasteiger partial charge on any atom is -0.371 e. The molecule has 1 aromatic rings. The van der Waals surface area contributed by atoms with Crippen LogP contribution in [0, 0.1) is 5.92 Å². The molecule has 1 unspecified atom stereocenters. The lowest BCUT2D eigenvalue weighted by Gasteiger charge is -2.23. The van der Waals surface area contributed by atoms with E-state index in [1.54, 1.807) is 0 Å². The molecule has 2 nitrogen and oxygen atoms in total. The number of hydrogen-bond donors (Lipinski definition) is 1. The molecule has 18 heavy (non-hydrogen) atoms. The van der Waals surface area contributed by atoms with Gasteiger partial charge in [0, 0.05) is 29.8 Å². The third-order valence-corrected chi connectivity index (χ3v) is 4.78. The number of hydrogen-bond acceptors (Lipinski definition) is 2. The minimum atomic E-state index is 0.596. The van der Waals surface area contributed by atoms with Crippen molar-refractivity contribution in [1.82, 2.24) is 0 Å². The number of rotatable bonds is 3. The summed E-state index contributed by atoms with van der Waals surface area (Å²) in [5.74, 6) is 0.918. The Balaban J connectivity index is 2.09. The van der Waals surface area contributed by atoms with Crippen LogP contribution in [0.3, 0.4) is 0 Å². The van der Waals surface area contributed by atoms with Crippen molar-refractivity contribution in [1.29, 1.82) is 0 Å². The Labute approximate surface area is 119 Å². The van der Waals surface area contributed by atoms with E-state index in [2.05, 4.69) is 46.0 Å². The first kappa shape index (κ1) is 13.9. The monoisotopic (exact) mass is 310 g/mol. The highest BCUT2D eigenvalue weighted by Crippen LogP contribution is 2.28. The summed E-state index contributed by atoms with van der Waals surface area (Å²) in [4.78, 5) is 2.51. The van der Waals surface area contributed by atoms with E-state index in [1.165, 1.54) is 50.0 Å². The summed E-state index contributed by atoms with van der Waals surface area (Å²) in [5.41, 5.74) is 8.21. The van der Waals surface area contributed by atoms with Crippen molar-refractivity contribution in [3.8, 4) is 0 Å². The van der Waals surface area contributed by atoms with Crippen LogP contribution in [-0.2, 0) is 6.54 Å². The Hall–Kier alpha value is -0.540. The van der Waals surface area contributed by atoms with Gasteiger partial charge in [0.15, 0.2) is 0 Å². The Kier molecular flexibility index (Phi) is 5.07. The van der Waals surface area contributed by atoms with Gasteiger partial charge in [-0.15, -0.1) is 0 Å². The first-order chi connectivity index (χ1) is 8.74. The van der Waals surface area contributed by atoms with Gasteiger partial charge in [-0.25, -0.2) is 0 Å². The maximum atomic E-state index is 5.70. The van der Waals surface area contributed by atoms with Crippen molar-refractivity contribution in [3.63, 3.8) is 0 Å². The van der Waals surface area contributed by atoms with Crippen molar-refractivity contribution in [3.05, 3.63) is 28.2 Å². The van der Waals surface area contributed by atoms with Crippen LogP contribution >= 0.6 is 15.9 Å². The zero-order valence-electron chi connectivity index (χ0n) is 11.2. The SMILES string of the molecule is CCC1CCCN(c2ccc(CN)c(Br)c2)CC1. The fourth-order valence-corrected chi connectivity index (χ4v) is 3.26. The van der Waals surface area contributed by atoms with Gasteiger partial charge < -0.3 is 10.6 Å². The van der Waals surface area contributed by atoms with Gasteiger partial charge in [-0.05, 0) is 42.9 Å².